The van der Waals surface area contributed by atoms with E-state index in [1.54, 1.807) is 7.11 Å². The Hall–Kier alpha value is -2.49. The minimum absolute atomic E-state index is 0.0272. The molecule has 0 aromatic heterocycles. The molecule has 0 aliphatic carbocycles. The van der Waals surface area contributed by atoms with Crippen LogP contribution >= 0.6 is 0 Å². The summed E-state index contributed by atoms with van der Waals surface area (Å²) in [6.45, 7) is 4.35. The van der Waals surface area contributed by atoms with Crippen LogP contribution in [0.3, 0.4) is 0 Å². The molecule has 24 heavy (non-hydrogen) atoms. The van der Waals surface area contributed by atoms with E-state index in [1.807, 2.05) is 18.2 Å². The molecule has 2 aliphatic heterocycles. The van der Waals surface area contributed by atoms with Crippen molar-refractivity contribution in [2.45, 2.75) is 32.5 Å². The van der Waals surface area contributed by atoms with Crippen LogP contribution in [0.1, 0.15) is 37.4 Å². The average molecular weight is 322 g/mol. The van der Waals surface area contributed by atoms with Crippen molar-refractivity contribution in [1.29, 1.82) is 0 Å². The highest BCUT2D eigenvalue weighted by Crippen LogP contribution is 2.44. The Bertz CT molecular complexity index is 767. The zero-order chi connectivity index (χ0) is 16.7. The highest BCUT2D eigenvalue weighted by Gasteiger charge is 2.41. The van der Waals surface area contributed by atoms with Crippen LogP contribution in [0.5, 0.6) is 11.5 Å². The number of nitrogens with zero attached hydrogens (tertiary/aromatic N) is 2. The topological polar surface area (TPSA) is 34.1 Å². The van der Waals surface area contributed by atoms with E-state index in [2.05, 4.69) is 49.2 Å². The van der Waals surface area contributed by atoms with Crippen molar-refractivity contribution in [3.8, 4) is 11.5 Å². The first-order valence-electron chi connectivity index (χ1n) is 8.43. The van der Waals surface area contributed by atoms with Crippen molar-refractivity contribution >= 4 is 5.71 Å². The third kappa shape index (κ3) is 2.42. The summed E-state index contributed by atoms with van der Waals surface area (Å²) in [5, 5.41) is 7.07. The molecule has 0 N–H and O–H groups in total. The summed E-state index contributed by atoms with van der Waals surface area (Å²) < 4.78 is 11.5. The fourth-order valence-electron chi connectivity index (χ4n) is 3.46. The van der Waals surface area contributed by atoms with Crippen molar-refractivity contribution in [3.63, 3.8) is 0 Å². The van der Waals surface area contributed by atoms with E-state index >= 15 is 0 Å². The first kappa shape index (κ1) is 15.1. The van der Waals surface area contributed by atoms with Crippen molar-refractivity contribution in [2.24, 2.45) is 11.0 Å². The van der Waals surface area contributed by atoms with Crippen molar-refractivity contribution in [3.05, 3.63) is 59.7 Å². The van der Waals surface area contributed by atoms with Crippen molar-refractivity contribution in [1.82, 2.24) is 5.01 Å². The number of hydrogen-bond acceptors (Lipinski definition) is 4. The molecule has 0 saturated carbocycles. The summed E-state index contributed by atoms with van der Waals surface area (Å²) in [7, 11) is 1.68. The molecule has 0 saturated heterocycles. The smallest absolute Gasteiger partial charge is 0.190 e. The maximum absolute atomic E-state index is 6.23. The minimum Gasteiger partial charge on any atom is -0.497 e. The minimum atomic E-state index is -0.0272. The molecule has 0 amide bonds. The van der Waals surface area contributed by atoms with Gasteiger partial charge in [-0.15, -0.1) is 0 Å². The van der Waals surface area contributed by atoms with Gasteiger partial charge in [-0.05, 0) is 35.9 Å². The molecule has 2 aromatic rings. The van der Waals surface area contributed by atoms with Crippen LogP contribution in [0.4, 0.5) is 0 Å². The standard InChI is InChI=1S/C20H22N2O2/c1-13(2)20-22-18(16-6-4-5-7-19(16)24-20)12-17(21-22)14-8-10-15(23-3)11-9-14/h4-11,13,18,20H,12H2,1-3H3/t18-,20-/m0/s1. The van der Waals surface area contributed by atoms with E-state index in [0.717, 1.165) is 29.2 Å². The van der Waals surface area contributed by atoms with E-state index < -0.39 is 0 Å². The predicted octanol–water partition coefficient (Wildman–Crippen LogP) is 4.22. The number of hydrogen-bond donors (Lipinski definition) is 0. The van der Waals surface area contributed by atoms with E-state index in [4.69, 9.17) is 14.6 Å². The van der Waals surface area contributed by atoms with Gasteiger partial charge in [0.05, 0.1) is 18.9 Å². The van der Waals surface area contributed by atoms with Gasteiger partial charge in [0.25, 0.3) is 0 Å². The molecule has 0 bridgehead atoms. The fourth-order valence-corrected chi connectivity index (χ4v) is 3.46. The van der Waals surface area contributed by atoms with Crippen LogP contribution in [0, 0.1) is 5.92 Å². The maximum atomic E-state index is 6.23. The second-order valence-corrected chi connectivity index (χ2v) is 6.67. The molecule has 4 heteroatoms. The molecule has 124 valence electrons. The lowest BCUT2D eigenvalue weighted by Crippen LogP contribution is -2.43. The third-order valence-electron chi connectivity index (χ3n) is 4.72. The number of ether oxygens (including phenoxy) is 2. The van der Waals surface area contributed by atoms with Gasteiger partial charge in [-0.3, -0.25) is 0 Å². The predicted molar refractivity (Wildman–Crippen MR) is 94.4 cm³/mol. The summed E-state index contributed by atoms with van der Waals surface area (Å²) in [5.74, 6) is 2.22. The van der Waals surface area contributed by atoms with E-state index in [1.165, 1.54) is 5.56 Å². The molecule has 2 heterocycles. The molecule has 4 nitrogen and oxygen atoms in total. The van der Waals surface area contributed by atoms with Crippen LogP contribution in [0.2, 0.25) is 0 Å². The molecule has 2 aliphatic rings. The Labute approximate surface area is 142 Å². The van der Waals surface area contributed by atoms with Gasteiger partial charge in [0.2, 0.25) is 0 Å². The van der Waals surface area contributed by atoms with Crippen LogP contribution in [0.15, 0.2) is 53.6 Å². The van der Waals surface area contributed by atoms with E-state index in [9.17, 15) is 0 Å². The van der Waals surface area contributed by atoms with Gasteiger partial charge in [-0.1, -0.05) is 32.0 Å². The molecular weight excluding hydrogens is 300 g/mol. The second kappa shape index (κ2) is 5.86. The number of rotatable bonds is 3. The lowest BCUT2D eigenvalue weighted by molar-refractivity contribution is -0.0461. The van der Waals surface area contributed by atoms with E-state index in [0.29, 0.717) is 5.92 Å². The zero-order valence-corrected chi connectivity index (χ0v) is 14.3. The Balaban J connectivity index is 1.70. The number of para-hydroxylation sites is 1. The van der Waals surface area contributed by atoms with Gasteiger partial charge in [-0.2, -0.15) is 5.10 Å². The van der Waals surface area contributed by atoms with Crippen LogP contribution in [-0.4, -0.2) is 24.1 Å². The monoisotopic (exact) mass is 322 g/mol. The van der Waals surface area contributed by atoms with Gasteiger partial charge < -0.3 is 9.47 Å². The summed E-state index contributed by atoms with van der Waals surface area (Å²) >= 11 is 0. The first-order valence-corrected chi connectivity index (χ1v) is 8.43. The Morgan fingerprint density at radius 3 is 2.58 bits per heavy atom. The van der Waals surface area contributed by atoms with Gasteiger partial charge >= 0.3 is 0 Å². The SMILES string of the molecule is COc1ccc(C2=NN3[C@@H](C2)c2ccccc2O[C@H]3C(C)C)cc1. The Morgan fingerprint density at radius 1 is 1.12 bits per heavy atom. The number of methoxy groups -OCH3 is 1. The molecule has 0 spiro atoms. The largest absolute Gasteiger partial charge is 0.497 e. The van der Waals surface area contributed by atoms with Crippen LogP contribution < -0.4 is 9.47 Å². The van der Waals surface area contributed by atoms with Gasteiger partial charge in [-0.25, -0.2) is 5.01 Å². The highest BCUT2D eigenvalue weighted by molar-refractivity contribution is 6.02. The quantitative estimate of drug-likeness (QED) is 0.848. The number of fused-ring (bicyclic) bond motifs is 3. The summed E-state index contributed by atoms with van der Waals surface area (Å²) in [6, 6.07) is 16.7. The first-order chi connectivity index (χ1) is 11.7. The number of hydrazone groups is 1. The lowest BCUT2D eigenvalue weighted by Gasteiger charge is -2.39. The third-order valence-corrected chi connectivity index (χ3v) is 4.72. The Morgan fingerprint density at radius 2 is 1.88 bits per heavy atom. The molecule has 0 fully saturated rings. The molecule has 4 rings (SSSR count). The van der Waals surface area contributed by atoms with E-state index in [-0.39, 0.29) is 12.3 Å². The molecule has 0 radical (unpaired) electrons. The molecule has 0 unspecified atom stereocenters. The van der Waals surface area contributed by atoms with Gasteiger partial charge in [0.15, 0.2) is 6.23 Å². The molecule has 2 aromatic carbocycles. The van der Waals surface area contributed by atoms with Crippen LogP contribution in [0.25, 0.3) is 0 Å². The molecule has 2 atom stereocenters. The van der Waals surface area contributed by atoms with Gasteiger partial charge in [0.1, 0.15) is 11.5 Å². The fraction of sp³-hybridized carbons (Fsp3) is 0.350. The lowest BCUT2D eigenvalue weighted by atomic mass is 9.95. The maximum Gasteiger partial charge on any atom is 0.190 e. The second-order valence-electron chi connectivity index (χ2n) is 6.67. The normalized spacial score (nSPS) is 21.8. The van der Waals surface area contributed by atoms with Crippen molar-refractivity contribution < 1.29 is 9.47 Å². The van der Waals surface area contributed by atoms with Gasteiger partial charge in [0, 0.05) is 17.9 Å². The average Bonchev–Trinajstić information content (AvgIpc) is 3.06. The zero-order valence-electron chi connectivity index (χ0n) is 14.3. The summed E-state index contributed by atoms with van der Waals surface area (Å²) in [6.07, 6.45) is 0.872. The molecular formula is C20H22N2O2. The van der Waals surface area contributed by atoms with Crippen molar-refractivity contribution in [2.75, 3.05) is 7.11 Å². The Kier molecular flexibility index (Phi) is 3.68. The summed E-state index contributed by atoms with van der Waals surface area (Å²) in [4.78, 5) is 0. The summed E-state index contributed by atoms with van der Waals surface area (Å²) in [5.41, 5.74) is 3.47. The highest BCUT2D eigenvalue weighted by atomic mass is 16.5. The van der Waals surface area contributed by atoms with Crippen LogP contribution in [-0.2, 0) is 0 Å². The number of benzene rings is 2.